The number of rotatable bonds is 2. The molecule has 0 aliphatic heterocycles. The van der Waals surface area contributed by atoms with Gasteiger partial charge < -0.3 is 14.8 Å². The Balaban J connectivity index is 0.00000196. The average molecular weight is 445 g/mol. The van der Waals surface area contributed by atoms with Crippen LogP contribution in [0.15, 0.2) is 34.1 Å². The molecule has 136 valence electrons. The Kier molecular flexibility index (Phi) is 7.45. The number of fused-ring (bicyclic) bond motifs is 2. The Morgan fingerprint density at radius 3 is 1.86 bits per heavy atom. The van der Waals surface area contributed by atoms with Crippen LogP contribution in [0.2, 0.25) is 0 Å². The minimum atomic E-state index is -5.23. The van der Waals surface area contributed by atoms with Crippen molar-refractivity contribution in [1.82, 2.24) is 0 Å². The van der Waals surface area contributed by atoms with Crippen molar-refractivity contribution in [2.45, 2.75) is 9.79 Å². The Hall–Kier alpha value is -0.670. The monoisotopic (exact) mass is 445 g/mol. The van der Waals surface area contributed by atoms with Gasteiger partial charge in [0.1, 0.15) is 26.1 Å². The summed E-state index contributed by atoms with van der Waals surface area (Å²) in [5, 5.41) is 0. The molecule has 0 atom stereocenters. The van der Waals surface area contributed by atoms with E-state index in [2.05, 4.69) is 0 Å². The number of carbonyl (C=O) groups excluding carboxylic acids is 2. The SMILES string of the molecule is Nc1c(S(=O)(=O)[O-])cc(F)c2c1C(=O)c1ccc(S(=O)(=O)[O-])cc1C2=O.[Na+].[Na+]. The third-order valence-corrected chi connectivity index (χ3v) is 5.48. The summed E-state index contributed by atoms with van der Waals surface area (Å²) >= 11 is 0. The summed E-state index contributed by atoms with van der Waals surface area (Å²) in [6.07, 6.45) is 0. The van der Waals surface area contributed by atoms with E-state index in [1.807, 2.05) is 0 Å². The summed E-state index contributed by atoms with van der Waals surface area (Å²) in [5.74, 6) is -3.77. The molecule has 0 radical (unpaired) electrons. The number of nitrogens with two attached hydrogens (primary N) is 1. The molecule has 2 aromatic carbocycles. The quantitative estimate of drug-likeness (QED) is 0.229. The van der Waals surface area contributed by atoms with Crippen LogP contribution in [0.4, 0.5) is 10.1 Å². The van der Waals surface area contributed by atoms with E-state index in [0.29, 0.717) is 6.07 Å². The second-order valence-corrected chi connectivity index (χ2v) is 8.02. The summed E-state index contributed by atoms with van der Waals surface area (Å²) in [6, 6.07) is 2.44. The zero-order valence-corrected chi connectivity index (χ0v) is 20.0. The fourth-order valence-electron chi connectivity index (χ4n) is 2.64. The summed E-state index contributed by atoms with van der Waals surface area (Å²) in [6.45, 7) is 0. The van der Waals surface area contributed by atoms with Crippen molar-refractivity contribution in [3.05, 3.63) is 52.3 Å². The van der Waals surface area contributed by atoms with E-state index >= 15 is 0 Å². The average Bonchev–Trinajstić information content (AvgIpc) is 2.51. The van der Waals surface area contributed by atoms with Crippen molar-refractivity contribution in [3.8, 4) is 0 Å². The van der Waals surface area contributed by atoms with Gasteiger partial charge in [-0.25, -0.2) is 21.2 Å². The summed E-state index contributed by atoms with van der Waals surface area (Å²) in [5.41, 5.74) is 1.92. The molecule has 0 saturated heterocycles. The number of hydrogen-bond donors (Lipinski definition) is 1. The van der Waals surface area contributed by atoms with Gasteiger partial charge in [-0.2, -0.15) is 0 Å². The van der Waals surface area contributed by atoms with E-state index in [0.717, 1.165) is 12.1 Å². The third kappa shape index (κ3) is 4.12. The summed E-state index contributed by atoms with van der Waals surface area (Å²) < 4.78 is 81.1. The minimum Gasteiger partial charge on any atom is -0.744 e. The van der Waals surface area contributed by atoms with Gasteiger partial charge in [0.05, 0.1) is 26.6 Å². The van der Waals surface area contributed by atoms with Crippen LogP contribution in [0, 0.1) is 5.82 Å². The van der Waals surface area contributed by atoms with Crippen LogP contribution >= 0.6 is 0 Å². The number of halogens is 1. The van der Waals surface area contributed by atoms with Gasteiger partial charge in [-0.05, 0) is 24.3 Å². The molecule has 1 aliphatic rings. The summed E-state index contributed by atoms with van der Waals surface area (Å²) in [7, 11) is -10.2. The van der Waals surface area contributed by atoms with E-state index in [4.69, 9.17) is 5.73 Å². The van der Waals surface area contributed by atoms with Gasteiger partial charge in [-0.3, -0.25) is 9.59 Å². The van der Waals surface area contributed by atoms with E-state index in [-0.39, 0.29) is 65.2 Å². The first kappa shape index (κ1) is 25.4. The number of nitrogen functional groups attached to an aromatic ring is 1. The fraction of sp³-hybridized carbons (Fsp3) is 0. The van der Waals surface area contributed by atoms with Crippen molar-refractivity contribution in [1.29, 1.82) is 0 Å². The molecule has 0 amide bonds. The summed E-state index contributed by atoms with van der Waals surface area (Å²) in [4.78, 5) is 23.0. The van der Waals surface area contributed by atoms with Gasteiger partial charge >= 0.3 is 59.1 Å². The molecule has 2 N–H and O–H groups in total. The van der Waals surface area contributed by atoms with E-state index < -0.39 is 75.4 Å². The predicted molar refractivity (Wildman–Crippen MR) is 80.0 cm³/mol. The van der Waals surface area contributed by atoms with E-state index in [1.165, 1.54) is 0 Å². The van der Waals surface area contributed by atoms with Crippen LogP contribution in [0.1, 0.15) is 31.8 Å². The second kappa shape index (κ2) is 8.22. The standard InChI is InChI=1S/C14H8FNO8S2.2Na/c15-8-4-9(26(22,23)24)12(16)11-10(8)14(18)7-3-5(25(19,20)21)1-2-6(7)13(11)17;;/h1-4H,16H2,(H,19,20,21)(H,22,23,24);;/q;2*+1/p-2. The van der Waals surface area contributed by atoms with Crippen molar-refractivity contribution in [2.24, 2.45) is 0 Å². The molecular formula is C14H6FNNa2O8S2. The first-order valence-electron chi connectivity index (χ1n) is 6.61. The molecule has 0 fully saturated rings. The maximum atomic E-state index is 14.3. The molecule has 9 nitrogen and oxygen atoms in total. The Morgan fingerprint density at radius 1 is 0.821 bits per heavy atom. The molecule has 0 aromatic heterocycles. The van der Waals surface area contributed by atoms with Gasteiger partial charge in [0, 0.05) is 11.1 Å². The molecule has 14 heteroatoms. The number of benzene rings is 2. The van der Waals surface area contributed by atoms with Gasteiger partial charge in [-0.15, -0.1) is 0 Å². The first-order valence-corrected chi connectivity index (χ1v) is 9.43. The fourth-order valence-corrected chi connectivity index (χ4v) is 3.76. The number of anilines is 1. The van der Waals surface area contributed by atoms with Crippen LogP contribution in [-0.4, -0.2) is 37.5 Å². The number of ketones is 2. The van der Waals surface area contributed by atoms with Gasteiger partial charge in [0.2, 0.25) is 0 Å². The molecule has 3 rings (SSSR count). The Morgan fingerprint density at radius 2 is 1.36 bits per heavy atom. The molecule has 1 aliphatic carbocycles. The molecular weight excluding hydrogens is 439 g/mol. The van der Waals surface area contributed by atoms with Gasteiger partial charge in [0.25, 0.3) is 0 Å². The Labute approximate surface area is 202 Å². The smallest absolute Gasteiger partial charge is 0.744 e. The van der Waals surface area contributed by atoms with Gasteiger partial charge in [0.15, 0.2) is 11.6 Å². The molecule has 0 spiro atoms. The van der Waals surface area contributed by atoms with Crippen molar-refractivity contribution >= 4 is 37.5 Å². The maximum absolute atomic E-state index is 14.3. The molecule has 0 unspecified atom stereocenters. The van der Waals surface area contributed by atoms with Crippen molar-refractivity contribution in [2.75, 3.05) is 5.73 Å². The zero-order valence-electron chi connectivity index (χ0n) is 14.3. The zero-order chi connectivity index (χ0) is 19.6. The third-order valence-electron chi connectivity index (χ3n) is 3.77. The van der Waals surface area contributed by atoms with Crippen LogP contribution in [0.3, 0.4) is 0 Å². The Bertz CT molecular complexity index is 1240. The number of carbonyl (C=O) groups is 2. The normalized spacial score (nSPS) is 13.1. The predicted octanol–water partition coefficient (Wildman–Crippen LogP) is -6.00. The largest absolute Gasteiger partial charge is 1.00 e. The minimum absolute atomic E-state index is 0. The van der Waals surface area contributed by atoms with Crippen molar-refractivity contribution in [3.63, 3.8) is 0 Å². The molecule has 28 heavy (non-hydrogen) atoms. The van der Waals surface area contributed by atoms with Gasteiger partial charge in [-0.1, -0.05) is 0 Å². The first-order chi connectivity index (χ1) is 11.8. The molecule has 2 aromatic rings. The molecule has 0 bridgehead atoms. The molecule has 0 saturated carbocycles. The maximum Gasteiger partial charge on any atom is 1.00 e. The van der Waals surface area contributed by atoms with Crippen LogP contribution in [0.25, 0.3) is 0 Å². The van der Waals surface area contributed by atoms with E-state index in [1.54, 1.807) is 0 Å². The topological polar surface area (TPSA) is 175 Å². The number of hydrogen-bond acceptors (Lipinski definition) is 9. The second-order valence-electron chi connectivity index (χ2n) is 5.29. The van der Waals surface area contributed by atoms with Crippen molar-refractivity contribution < 1.29 is 99.0 Å². The molecule has 0 heterocycles. The van der Waals surface area contributed by atoms with Crippen LogP contribution < -0.4 is 64.8 Å². The van der Waals surface area contributed by atoms with Crippen LogP contribution in [-0.2, 0) is 20.2 Å². The van der Waals surface area contributed by atoms with E-state index in [9.17, 15) is 39.9 Å². The van der Waals surface area contributed by atoms with Crippen LogP contribution in [0.5, 0.6) is 0 Å².